The molecule has 3 aromatic heterocycles. The molecule has 2 fully saturated rings. The number of rotatable bonds is 15. The lowest BCUT2D eigenvalue weighted by Crippen LogP contribution is -2.65. The predicted molar refractivity (Wildman–Crippen MR) is 225 cm³/mol. The van der Waals surface area contributed by atoms with E-state index in [0.29, 0.717) is 71.1 Å². The summed E-state index contributed by atoms with van der Waals surface area (Å²) in [6.45, 7) is 12.1. The average Bonchev–Trinajstić information content (AvgIpc) is 3.88. The topological polar surface area (TPSA) is 249 Å². The van der Waals surface area contributed by atoms with Crippen LogP contribution in [0, 0.1) is 18.2 Å². The number of carbonyl (C=O) groups is 3. The maximum Gasteiger partial charge on any atom is 0.276 e. The highest BCUT2D eigenvalue weighted by Gasteiger charge is 2.48. The summed E-state index contributed by atoms with van der Waals surface area (Å²) in [5.74, 6) is 1.91. The first-order chi connectivity index (χ1) is 28.4. The van der Waals surface area contributed by atoms with Crippen molar-refractivity contribution in [2.24, 2.45) is 11.5 Å². The van der Waals surface area contributed by atoms with Gasteiger partial charge in [-0.1, -0.05) is 26.0 Å². The number of aryl methyl sites for hydroxylation is 2. The summed E-state index contributed by atoms with van der Waals surface area (Å²) in [7, 11) is 1.47. The van der Waals surface area contributed by atoms with Crippen molar-refractivity contribution in [1.82, 2.24) is 33.8 Å². The molecule has 19 heteroatoms. The van der Waals surface area contributed by atoms with Crippen molar-refractivity contribution in [2.45, 2.75) is 72.0 Å². The van der Waals surface area contributed by atoms with Crippen molar-refractivity contribution in [1.29, 1.82) is 5.26 Å². The minimum absolute atomic E-state index is 0.0424. The number of nitrogens with two attached hydrogens (primary N) is 3. The van der Waals surface area contributed by atoms with Gasteiger partial charge in [-0.3, -0.25) is 29.3 Å². The second kappa shape index (κ2) is 18.0. The first kappa shape index (κ1) is 42.2. The van der Waals surface area contributed by atoms with Gasteiger partial charge >= 0.3 is 0 Å². The van der Waals surface area contributed by atoms with E-state index in [1.807, 2.05) is 39.8 Å². The number of likely N-dealkylation sites (tertiary alicyclic amines) is 1. The average molecular weight is 807 g/mol. The van der Waals surface area contributed by atoms with E-state index in [2.05, 4.69) is 31.3 Å². The van der Waals surface area contributed by atoms with Crippen molar-refractivity contribution in [3.8, 4) is 17.5 Å². The quantitative estimate of drug-likeness (QED) is 0.0673. The fraction of sp³-hybridized carbons (Fsp3) is 0.425. The molecule has 0 saturated carbocycles. The summed E-state index contributed by atoms with van der Waals surface area (Å²) in [6.07, 6.45) is 6.02. The normalized spacial score (nSPS) is 14.9. The van der Waals surface area contributed by atoms with Crippen molar-refractivity contribution in [3.63, 3.8) is 0 Å². The molecule has 0 aliphatic carbocycles. The Morgan fingerprint density at radius 2 is 1.64 bits per heavy atom. The van der Waals surface area contributed by atoms with E-state index in [-0.39, 0.29) is 48.4 Å². The highest BCUT2D eigenvalue weighted by Crippen LogP contribution is 2.35. The van der Waals surface area contributed by atoms with Gasteiger partial charge in [-0.25, -0.2) is 15.2 Å². The number of hydrogen-bond donors (Lipinski definition) is 4. The standard InChI is InChI=1S/C38H45BN12O6.C2H6/c1-4-51-28(14-23(2)47-51)35(54)46-37-45-27-16-24(33(41)52)17-29(55-3)31(27)50(37)11-6-5-10-49-32-26(44-36(49)43)15-25(34(42)53)18-30(32)56-12-7-9-48-20-38(21-48)19-39(22-40)8-13-57-38;1-2/h5-6,14-18H,4,7-13,19-21H2,1-3H3,(H2,41,52)(H2,42,53)(H2,43,44)(H,45,46,54);1-2H3/b6-5+;. The zero-order valence-corrected chi connectivity index (χ0v) is 34.2. The number of ether oxygens (including phenoxy) is 3. The Labute approximate surface area is 342 Å². The van der Waals surface area contributed by atoms with Gasteiger partial charge < -0.3 is 40.5 Å². The first-order valence-electron chi connectivity index (χ1n) is 19.8. The van der Waals surface area contributed by atoms with Gasteiger partial charge in [-0.05, 0) is 63.2 Å². The van der Waals surface area contributed by atoms with Gasteiger partial charge in [-0.15, -0.1) is 0 Å². The number of primary amides is 2. The molecule has 310 valence electrons. The van der Waals surface area contributed by atoms with Gasteiger partial charge in [0.15, 0.2) is 0 Å². The second-order valence-corrected chi connectivity index (χ2v) is 14.4. The van der Waals surface area contributed by atoms with Gasteiger partial charge in [0.25, 0.3) is 12.6 Å². The number of aromatic nitrogens is 6. The number of methoxy groups -OCH3 is 1. The van der Waals surface area contributed by atoms with Crippen LogP contribution in [0.2, 0.25) is 12.6 Å². The lowest BCUT2D eigenvalue weighted by Gasteiger charge is -2.52. The van der Waals surface area contributed by atoms with Crippen LogP contribution in [0.4, 0.5) is 11.9 Å². The van der Waals surface area contributed by atoms with Crippen molar-refractivity contribution in [2.75, 3.05) is 51.0 Å². The molecule has 2 saturated heterocycles. The van der Waals surface area contributed by atoms with Crippen LogP contribution in [0.1, 0.15) is 64.1 Å². The molecule has 7 rings (SSSR count). The van der Waals surface area contributed by atoms with Crippen LogP contribution >= 0.6 is 0 Å². The Morgan fingerprint density at radius 3 is 2.29 bits per heavy atom. The number of nitriles is 1. The van der Waals surface area contributed by atoms with E-state index in [4.69, 9.17) is 31.4 Å². The summed E-state index contributed by atoms with van der Waals surface area (Å²) < 4.78 is 23.1. The van der Waals surface area contributed by atoms with E-state index in [1.165, 1.54) is 13.2 Å². The Kier molecular flexibility index (Phi) is 12.9. The minimum atomic E-state index is -0.650. The molecular formula is C40H51BN12O6. The number of allylic oxidation sites excluding steroid dienone is 2. The van der Waals surface area contributed by atoms with Gasteiger partial charge in [0, 0.05) is 63.0 Å². The molecule has 2 aliphatic heterocycles. The van der Waals surface area contributed by atoms with Crippen LogP contribution in [0.25, 0.3) is 22.1 Å². The van der Waals surface area contributed by atoms with Crippen LogP contribution in [0.15, 0.2) is 42.5 Å². The number of fused-ring (bicyclic) bond motifs is 2. The molecule has 1 spiro atoms. The molecule has 59 heavy (non-hydrogen) atoms. The van der Waals surface area contributed by atoms with Gasteiger partial charge in [-0.2, -0.15) is 5.10 Å². The fourth-order valence-corrected chi connectivity index (χ4v) is 7.74. The Hall–Kier alpha value is -6.39. The van der Waals surface area contributed by atoms with Crippen LogP contribution in [0.3, 0.4) is 0 Å². The molecule has 0 unspecified atom stereocenters. The molecule has 5 heterocycles. The highest BCUT2D eigenvalue weighted by molar-refractivity contribution is 6.67. The highest BCUT2D eigenvalue weighted by atomic mass is 16.5. The van der Waals surface area contributed by atoms with Crippen molar-refractivity contribution in [3.05, 3.63) is 65.0 Å². The number of anilines is 2. The van der Waals surface area contributed by atoms with Crippen LogP contribution in [0.5, 0.6) is 11.5 Å². The van der Waals surface area contributed by atoms with Crippen molar-refractivity contribution < 1.29 is 28.6 Å². The fourth-order valence-electron chi connectivity index (χ4n) is 7.74. The van der Waals surface area contributed by atoms with E-state index >= 15 is 0 Å². The summed E-state index contributed by atoms with van der Waals surface area (Å²) in [5.41, 5.74) is 21.0. The molecular weight excluding hydrogens is 755 g/mol. The number of hydrogen-bond acceptors (Lipinski definition) is 12. The number of carbonyl (C=O) groups excluding carboxylic acids is 3. The summed E-state index contributed by atoms with van der Waals surface area (Å²) >= 11 is 0. The number of amides is 3. The van der Waals surface area contributed by atoms with Crippen LogP contribution in [-0.2, 0) is 24.4 Å². The molecule has 0 atom stereocenters. The van der Waals surface area contributed by atoms with Gasteiger partial charge in [0.2, 0.25) is 23.7 Å². The molecule has 0 bridgehead atoms. The first-order valence-corrected chi connectivity index (χ1v) is 19.8. The Balaban J connectivity index is 0.00000288. The van der Waals surface area contributed by atoms with E-state index in [0.717, 1.165) is 32.3 Å². The number of nitrogen functional groups attached to an aromatic ring is 1. The van der Waals surface area contributed by atoms with Crippen LogP contribution < -0.4 is 32.0 Å². The van der Waals surface area contributed by atoms with Crippen molar-refractivity contribution >= 4 is 58.4 Å². The second-order valence-electron chi connectivity index (χ2n) is 14.4. The summed E-state index contributed by atoms with van der Waals surface area (Å²) in [4.78, 5) is 49.4. The van der Waals surface area contributed by atoms with Gasteiger partial charge in [0.1, 0.15) is 28.2 Å². The van der Waals surface area contributed by atoms with Crippen LogP contribution in [-0.4, -0.2) is 104 Å². The molecule has 2 aliphatic rings. The predicted octanol–water partition coefficient (Wildman–Crippen LogP) is 3.65. The monoisotopic (exact) mass is 806 g/mol. The third-order valence-corrected chi connectivity index (χ3v) is 10.4. The maximum absolute atomic E-state index is 13.5. The van der Waals surface area contributed by atoms with E-state index < -0.39 is 17.7 Å². The number of benzene rings is 2. The third kappa shape index (κ3) is 8.88. The number of nitrogens with one attached hydrogen (secondary N) is 1. The zero-order valence-electron chi connectivity index (χ0n) is 34.2. The van der Waals surface area contributed by atoms with E-state index in [9.17, 15) is 19.6 Å². The molecule has 5 aromatic rings. The molecule has 0 radical (unpaired) electrons. The smallest absolute Gasteiger partial charge is 0.276 e. The van der Waals surface area contributed by atoms with Gasteiger partial charge in [0.05, 0.1) is 36.0 Å². The summed E-state index contributed by atoms with van der Waals surface area (Å²) in [5, 5.41) is 16.7. The zero-order chi connectivity index (χ0) is 42.4. The van der Waals surface area contributed by atoms with E-state index in [1.54, 1.807) is 38.1 Å². The molecule has 3 amide bonds. The molecule has 7 N–H and O–H groups in total. The number of imidazole rings is 2. The SMILES string of the molecule is CC.CCn1nc(C)cc1C(=O)Nc1nc2cc(C(N)=O)cc(OC)c2n1C/C=C/Cn1c(N)nc2cc(C(N)=O)cc(OCCCN3CC4(CB(C#N)CCO4)C3)c21. The molecule has 2 aromatic carbocycles. The lowest BCUT2D eigenvalue weighted by molar-refractivity contribution is -0.134. The number of nitrogens with zero attached hydrogens (tertiary/aromatic N) is 8. The minimum Gasteiger partial charge on any atom is -0.494 e. The molecule has 18 nitrogen and oxygen atoms in total. The Bertz CT molecular complexity index is 2440. The Morgan fingerprint density at radius 1 is 1.00 bits per heavy atom. The maximum atomic E-state index is 13.5. The summed E-state index contributed by atoms with van der Waals surface area (Å²) in [6, 6.07) is 7.97. The largest absolute Gasteiger partial charge is 0.494 e. The third-order valence-electron chi connectivity index (χ3n) is 10.4. The lowest BCUT2D eigenvalue weighted by atomic mass is 9.42.